The highest BCUT2D eigenvalue weighted by atomic mass is 16.3. The smallest absolute Gasteiger partial charge is 0.206 e. The van der Waals surface area contributed by atoms with Crippen molar-refractivity contribution in [3.63, 3.8) is 0 Å². The molecule has 1 aromatic heterocycles. The van der Waals surface area contributed by atoms with Crippen LogP contribution in [-0.2, 0) is 0 Å². The Balaban J connectivity index is 1.85. The van der Waals surface area contributed by atoms with E-state index in [1.54, 1.807) is 6.07 Å². The molecule has 0 bridgehead atoms. The lowest BCUT2D eigenvalue weighted by Crippen LogP contribution is -2.36. The fourth-order valence-electron chi connectivity index (χ4n) is 4.37. The van der Waals surface area contributed by atoms with Crippen molar-refractivity contribution < 1.29 is 4.42 Å². The van der Waals surface area contributed by atoms with Gasteiger partial charge in [-0.1, -0.05) is 36.4 Å². The van der Waals surface area contributed by atoms with Crippen LogP contribution in [0.15, 0.2) is 52.9 Å². The van der Waals surface area contributed by atoms with Gasteiger partial charge in [-0.2, -0.15) is 5.26 Å². The van der Waals surface area contributed by atoms with Gasteiger partial charge in [0.15, 0.2) is 5.58 Å². The van der Waals surface area contributed by atoms with E-state index in [0.29, 0.717) is 11.3 Å². The number of furan rings is 1. The van der Waals surface area contributed by atoms with Gasteiger partial charge in [0.1, 0.15) is 11.7 Å². The Kier molecular flexibility index (Phi) is 3.56. The summed E-state index contributed by atoms with van der Waals surface area (Å²) >= 11 is 0. The number of nitriles is 1. The van der Waals surface area contributed by atoms with E-state index < -0.39 is 0 Å². The lowest BCUT2D eigenvalue weighted by atomic mass is 10.1. The van der Waals surface area contributed by atoms with E-state index in [2.05, 4.69) is 52.8 Å². The van der Waals surface area contributed by atoms with Crippen molar-refractivity contribution in [2.24, 2.45) is 0 Å². The predicted octanol–water partition coefficient (Wildman–Crippen LogP) is 6.25. The van der Waals surface area contributed by atoms with Gasteiger partial charge >= 0.3 is 0 Å². The Morgan fingerprint density at radius 2 is 1.86 bits per heavy atom. The molecule has 0 N–H and O–H groups in total. The Labute approximate surface area is 168 Å². The second-order valence-corrected chi connectivity index (χ2v) is 7.37. The third kappa shape index (κ3) is 2.19. The van der Waals surface area contributed by atoms with Gasteiger partial charge in [-0.15, -0.1) is 0 Å². The largest absolute Gasteiger partial charge is 0.454 e. The van der Waals surface area contributed by atoms with Crippen LogP contribution in [0.1, 0.15) is 18.1 Å². The third-order valence-electron chi connectivity index (χ3n) is 5.88. The standard InChI is InChI=1S/C24H18N4O/c1-14-9-10-17-16-7-5-6-8-21(16)29-24(17)22(14)28-15(2)27(4)23-18(13-25)19(26-3)11-12-20(23)28/h5-12,15H,1-2,4H3/t15-/m0/s1. The molecule has 0 saturated heterocycles. The molecule has 1 aliphatic heterocycles. The summed E-state index contributed by atoms with van der Waals surface area (Å²) in [7, 11) is 1.96. The van der Waals surface area contributed by atoms with Crippen molar-refractivity contribution >= 4 is 44.7 Å². The summed E-state index contributed by atoms with van der Waals surface area (Å²) in [6.45, 7) is 11.6. The molecule has 0 unspecified atom stereocenters. The van der Waals surface area contributed by atoms with Gasteiger partial charge < -0.3 is 14.2 Å². The topological polar surface area (TPSA) is 47.8 Å². The highest BCUT2D eigenvalue weighted by Crippen LogP contribution is 2.50. The van der Waals surface area contributed by atoms with Crippen molar-refractivity contribution in [2.75, 3.05) is 16.8 Å². The molecule has 5 nitrogen and oxygen atoms in total. The Morgan fingerprint density at radius 1 is 1.07 bits per heavy atom. The van der Waals surface area contributed by atoms with Crippen LogP contribution in [0, 0.1) is 24.8 Å². The summed E-state index contributed by atoms with van der Waals surface area (Å²) in [5.74, 6) is 0. The summed E-state index contributed by atoms with van der Waals surface area (Å²) in [6.07, 6.45) is -0.0319. The Hall–Kier alpha value is -3.96. The van der Waals surface area contributed by atoms with E-state index in [1.807, 2.05) is 31.3 Å². The molecule has 3 aromatic carbocycles. The molecule has 0 radical (unpaired) electrons. The minimum atomic E-state index is -0.0319. The lowest BCUT2D eigenvalue weighted by Gasteiger charge is -2.29. The number of anilines is 3. The Morgan fingerprint density at radius 3 is 2.62 bits per heavy atom. The van der Waals surface area contributed by atoms with Gasteiger partial charge in [-0.3, -0.25) is 0 Å². The van der Waals surface area contributed by atoms with E-state index >= 15 is 0 Å². The molecule has 140 valence electrons. The molecule has 4 aromatic rings. The van der Waals surface area contributed by atoms with Gasteiger partial charge in [-0.05, 0) is 31.5 Å². The molecular weight excluding hydrogens is 360 g/mol. The summed E-state index contributed by atoms with van der Waals surface area (Å²) in [5, 5.41) is 11.9. The van der Waals surface area contributed by atoms with Crippen molar-refractivity contribution in [3.8, 4) is 6.07 Å². The number of nitrogens with zero attached hydrogens (tertiary/aromatic N) is 4. The lowest BCUT2D eigenvalue weighted by molar-refractivity contribution is 0.661. The summed E-state index contributed by atoms with van der Waals surface area (Å²) in [4.78, 5) is 7.81. The number of hydrogen-bond acceptors (Lipinski definition) is 4. The average Bonchev–Trinajstić information content (AvgIpc) is 3.23. The first-order valence-corrected chi connectivity index (χ1v) is 9.44. The SMILES string of the molecule is [C-]#[N+]c1ccc2c(c1C#N)N(C)[C@H](C)N2c1c(C)ccc2c1oc1ccccc12. The zero-order chi connectivity index (χ0) is 20.3. The summed E-state index contributed by atoms with van der Waals surface area (Å²) in [5.41, 5.74) is 6.30. The number of fused-ring (bicyclic) bond motifs is 4. The molecule has 1 aliphatic rings. The molecule has 5 heteroatoms. The van der Waals surface area contributed by atoms with Crippen LogP contribution in [0.2, 0.25) is 0 Å². The molecular formula is C24H18N4O. The van der Waals surface area contributed by atoms with Crippen LogP contribution >= 0.6 is 0 Å². The molecule has 0 spiro atoms. The second kappa shape index (κ2) is 6.02. The van der Waals surface area contributed by atoms with Crippen molar-refractivity contribution in [1.82, 2.24) is 0 Å². The van der Waals surface area contributed by atoms with Crippen LogP contribution < -0.4 is 9.80 Å². The summed E-state index contributed by atoms with van der Waals surface area (Å²) in [6, 6.07) is 18.2. The number of rotatable bonds is 1. The fourth-order valence-corrected chi connectivity index (χ4v) is 4.37. The average molecular weight is 378 g/mol. The maximum absolute atomic E-state index is 9.74. The van der Waals surface area contributed by atoms with Crippen LogP contribution in [0.5, 0.6) is 0 Å². The molecule has 0 saturated carbocycles. The van der Waals surface area contributed by atoms with E-state index in [4.69, 9.17) is 11.0 Å². The van der Waals surface area contributed by atoms with Crippen molar-refractivity contribution in [2.45, 2.75) is 20.0 Å². The van der Waals surface area contributed by atoms with Gasteiger partial charge in [0.2, 0.25) is 5.69 Å². The second-order valence-electron chi connectivity index (χ2n) is 7.37. The van der Waals surface area contributed by atoms with Gasteiger partial charge in [0.25, 0.3) is 0 Å². The summed E-state index contributed by atoms with van der Waals surface area (Å²) < 4.78 is 6.30. The van der Waals surface area contributed by atoms with E-state index in [0.717, 1.165) is 44.6 Å². The maximum atomic E-state index is 9.74. The van der Waals surface area contributed by atoms with E-state index in [-0.39, 0.29) is 6.17 Å². The minimum absolute atomic E-state index is 0.0319. The van der Waals surface area contributed by atoms with E-state index in [1.165, 1.54) is 0 Å². The predicted molar refractivity (Wildman–Crippen MR) is 116 cm³/mol. The quantitative estimate of drug-likeness (QED) is 0.367. The first-order valence-electron chi connectivity index (χ1n) is 9.44. The fraction of sp³-hybridized carbons (Fsp3) is 0.167. The number of para-hydroxylation sites is 1. The highest BCUT2D eigenvalue weighted by molar-refractivity contribution is 6.11. The van der Waals surface area contributed by atoms with Crippen LogP contribution in [0.4, 0.5) is 22.7 Å². The van der Waals surface area contributed by atoms with Gasteiger partial charge in [0.05, 0.1) is 35.3 Å². The van der Waals surface area contributed by atoms with Crippen LogP contribution in [0.25, 0.3) is 26.8 Å². The van der Waals surface area contributed by atoms with Crippen molar-refractivity contribution in [1.29, 1.82) is 5.26 Å². The number of aryl methyl sites for hydroxylation is 1. The zero-order valence-corrected chi connectivity index (χ0v) is 16.4. The highest BCUT2D eigenvalue weighted by Gasteiger charge is 2.36. The molecule has 29 heavy (non-hydrogen) atoms. The minimum Gasteiger partial charge on any atom is -0.454 e. The molecule has 0 aliphatic carbocycles. The van der Waals surface area contributed by atoms with Gasteiger partial charge in [-0.25, -0.2) is 4.85 Å². The van der Waals surface area contributed by atoms with Crippen LogP contribution in [-0.4, -0.2) is 13.2 Å². The maximum Gasteiger partial charge on any atom is 0.206 e. The zero-order valence-electron chi connectivity index (χ0n) is 16.4. The van der Waals surface area contributed by atoms with Crippen LogP contribution in [0.3, 0.4) is 0 Å². The first kappa shape index (κ1) is 17.2. The normalized spacial score (nSPS) is 15.6. The first-order chi connectivity index (χ1) is 14.1. The Bertz CT molecular complexity index is 1390. The number of benzene rings is 3. The molecule has 0 fully saturated rings. The third-order valence-corrected chi connectivity index (χ3v) is 5.88. The number of hydrogen-bond donors (Lipinski definition) is 0. The van der Waals surface area contributed by atoms with Gasteiger partial charge in [0, 0.05) is 17.8 Å². The van der Waals surface area contributed by atoms with E-state index in [9.17, 15) is 5.26 Å². The molecule has 1 atom stereocenters. The monoisotopic (exact) mass is 378 g/mol. The molecule has 0 amide bonds. The molecule has 5 rings (SSSR count). The van der Waals surface area contributed by atoms with Crippen molar-refractivity contribution in [3.05, 3.63) is 71.1 Å². The molecule has 2 heterocycles.